The van der Waals surface area contributed by atoms with Crippen LogP contribution < -0.4 is 0 Å². The molecule has 0 radical (unpaired) electrons. The van der Waals surface area contributed by atoms with Crippen LogP contribution in [0.25, 0.3) is 0 Å². The lowest BCUT2D eigenvalue weighted by molar-refractivity contribution is 0.563. The molecular formula is C11H18. The molecule has 0 nitrogen and oxygen atoms in total. The summed E-state index contributed by atoms with van der Waals surface area (Å²) in [6, 6.07) is 0. The Kier molecular flexibility index (Phi) is 5.54. The lowest BCUT2D eigenvalue weighted by atomic mass is 10.00. The molecule has 0 aliphatic rings. The summed E-state index contributed by atoms with van der Waals surface area (Å²) in [6.45, 7) is 12.0. The van der Waals surface area contributed by atoms with Gasteiger partial charge in [-0.25, -0.2) is 0 Å². The summed E-state index contributed by atoms with van der Waals surface area (Å²) in [4.78, 5) is 0. The number of rotatable bonds is 5. The van der Waals surface area contributed by atoms with E-state index < -0.39 is 0 Å². The zero-order chi connectivity index (χ0) is 8.69. The lowest BCUT2D eigenvalue weighted by Gasteiger charge is -2.06. The summed E-state index contributed by atoms with van der Waals surface area (Å²) in [5, 5.41) is 0. The Morgan fingerprint density at radius 3 is 2.64 bits per heavy atom. The second kappa shape index (κ2) is 5.96. The van der Waals surface area contributed by atoms with Crippen LogP contribution in [0.2, 0.25) is 0 Å². The van der Waals surface area contributed by atoms with E-state index in [-0.39, 0.29) is 0 Å². The first-order valence-corrected chi connectivity index (χ1v) is 4.17. The highest BCUT2D eigenvalue weighted by Gasteiger charge is 1.97. The Balaban J connectivity index is 3.68. The average molecular weight is 150 g/mol. The average Bonchev–Trinajstić information content (AvgIpc) is 2.00. The number of allylic oxidation sites excluding steroid dienone is 4. The quantitative estimate of drug-likeness (QED) is 0.524. The molecule has 0 heteroatoms. The molecule has 0 spiro atoms. The van der Waals surface area contributed by atoms with E-state index in [1.54, 1.807) is 6.08 Å². The predicted molar refractivity (Wildman–Crippen MR) is 52.5 cm³/mol. The fraction of sp³-hybridized carbons (Fsp3) is 0.455. The second-order valence-corrected chi connectivity index (χ2v) is 2.97. The first kappa shape index (κ1) is 10.2. The molecule has 0 aromatic carbocycles. The van der Waals surface area contributed by atoms with E-state index in [9.17, 15) is 0 Å². The highest BCUT2D eigenvalue weighted by Crippen LogP contribution is 2.13. The molecule has 0 saturated heterocycles. The van der Waals surface area contributed by atoms with E-state index >= 15 is 0 Å². The summed E-state index contributed by atoms with van der Waals surface area (Å²) in [7, 11) is 0. The zero-order valence-corrected chi connectivity index (χ0v) is 7.64. The highest BCUT2D eigenvalue weighted by atomic mass is 14.0. The van der Waals surface area contributed by atoms with E-state index in [1.165, 1.54) is 12.0 Å². The van der Waals surface area contributed by atoms with Gasteiger partial charge in [-0.15, -0.1) is 0 Å². The third-order valence-corrected chi connectivity index (χ3v) is 1.78. The van der Waals surface area contributed by atoms with Crippen molar-refractivity contribution in [3.05, 3.63) is 37.0 Å². The van der Waals surface area contributed by atoms with E-state index in [2.05, 4.69) is 27.0 Å². The molecule has 0 rings (SSSR count). The molecule has 1 unspecified atom stereocenters. The van der Waals surface area contributed by atoms with Gasteiger partial charge in [-0.1, -0.05) is 57.2 Å². The van der Waals surface area contributed by atoms with Gasteiger partial charge in [0.1, 0.15) is 0 Å². The van der Waals surface area contributed by atoms with Crippen molar-refractivity contribution >= 4 is 0 Å². The van der Waals surface area contributed by atoms with Gasteiger partial charge >= 0.3 is 0 Å². The minimum Gasteiger partial charge on any atom is -0.0991 e. The Labute approximate surface area is 70.3 Å². The SMILES string of the molecule is C=C/C=C\C(=C)CC(C)CC. The van der Waals surface area contributed by atoms with Gasteiger partial charge in [-0.2, -0.15) is 0 Å². The van der Waals surface area contributed by atoms with Gasteiger partial charge in [0, 0.05) is 0 Å². The van der Waals surface area contributed by atoms with Crippen molar-refractivity contribution in [3.8, 4) is 0 Å². The van der Waals surface area contributed by atoms with Crippen molar-refractivity contribution in [2.45, 2.75) is 26.7 Å². The van der Waals surface area contributed by atoms with Crippen LogP contribution >= 0.6 is 0 Å². The molecule has 1 atom stereocenters. The largest absolute Gasteiger partial charge is 0.0991 e. The molecule has 0 amide bonds. The van der Waals surface area contributed by atoms with Crippen LogP contribution in [-0.4, -0.2) is 0 Å². The minimum absolute atomic E-state index is 0.747. The van der Waals surface area contributed by atoms with Crippen LogP contribution in [0.4, 0.5) is 0 Å². The molecule has 0 saturated carbocycles. The third kappa shape index (κ3) is 5.65. The molecule has 0 aromatic heterocycles. The van der Waals surface area contributed by atoms with Gasteiger partial charge in [0.2, 0.25) is 0 Å². The number of hydrogen-bond acceptors (Lipinski definition) is 0. The van der Waals surface area contributed by atoms with E-state index in [4.69, 9.17) is 0 Å². The predicted octanol–water partition coefficient (Wildman–Crippen LogP) is 3.72. The Hall–Kier alpha value is -0.780. The normalized spacial score (nSPS) is 13.3. The van der Waals surface area contributed by atoms with Crippen molar-refractivity contribution in [3.63, 3.8) is 0 Å². The molecule has 0 N–H and O–H groups in total. The summed E-state index contributed by atoms with van der Waals surface area (Å²) >= 11 is 0. The molecule has 0 aliphatic carbocycles. The monoisotopic (exact) mass is 150 g/mol. The van der Waals surface area contributed by atoms with Crippen LogP contribution in [-0.2, 0) is 0 Å². The Bertz CT molecular complexity index is 151. The van der Waals surface area contributed by atoms with Gasteiger partial charge < -0.3 is 0 Å². The molecule has 0 fully saturated rings. The molecule has 11 heavy (non-hydrogen) atoms. The first-order valence-electron chi connectivity index (χ1n) is 4.17. The van der Waals surface area contributed by atoms with Crippen LogP contribution in [0.3, 0.4) is 0 Å². The van der Waals surface area contributed by atoms with Gasteiger partial charge in [0.15, 0.2) is 0 Å². The Morgan fingerprint density at radius 1 is 1.55 bits per heavy atom. The summed E-state index contributed by atoms with van der Waals surface area (Å²) < 4.78 is 0. The molecule has 0 aromatic rings. The zero-order valence-electron chi connectivity index (χ0n) is 7.64. The molecule has 0 aliphatic heterocycles. The van der Waals surface area contributed by atoms with Gasteiger partial charge in [-0.3, -0.25) is 0 Å². The molecule has 0 heterocycles. The second-order valence-electron chi connectivity index (χ2n) is 2.97. The lowest BCUT2D eigenvalue weighted by Crippen LogP contribution is -1.91. The van der Waals surface area contributed by atoms with Crippen molar-refractivity contribution in [2.24, 2.45) is 5.92 Å². The fourth-order valence-electron chi connectivity index (χ4n) is 0.864. The van der Waals surface area contributed by atoms with Gasteiger partial charge in [0.05, 0.1) is 0 Å². The molecular weight excluding hydrogens is 132 g/mol. The first-order chi connectivity index (χ1) is 5.20. The van der Waals surface area contributed by atoms with Crippen molar-refractivity contribution < 1.29 is 0 Å². The summed E-state index contributed by atoms with van der Waals surface area (Å²) in [5.41, 5.74) is 1.19. The van der Waals surface area contributed by atoms with Gasteiger partial charge in [0.25, 0.3) is 0 Å². The minimum atomic E-state index is 0.747. The summed E-state index contributed by atoms with van der Waals surface area (Å²) in [6.07, 6.45) is 8.06. The molecule has 62 valence electrons. The third-order valence-electron chi connectivity index (χ3n) is 1.78. The topological polar surface area (TPSA) is 0 Å². The smallest absolute Gasteiger partial charge is 0.0259 e. The van der Waals surface area contributed by atoms with Crippen LogP contribution in [0, 0.1) is 5.92 Å². The van der Waals surface area contributed by atoms with E-state index in [0.29, 0.717) is 0 Å². The highest BCUT2D eigenvalue weighted by molar-refractivity contribution is 5.18. The van der Waals surface area contributed by atoms with E-state index in [1.807, 2.05) is 12.2 Å². The maximum atomic E-state index is 3.95. The van der Waals surface area contributed by atoms with Crippen LogP contribution in [0.1, 0.15) is 26.7 Å². The van der Waals surface area contributed by atoms with E-state index in [0.717, 1.165) is 12.3 Å². The Morgan fingerprint density at radius 2 is 2.18 bits per heavy atom. The van der Waals surface area contributed by atoms with Crippen molar-refractivity contribution in [1.29, 1.82) is 0 Å². The maximum absolute atomic E-state index is 3.95. The van der Waals surface area contributed by atoms with Crippen LogP contribution in [0.15, 0.2) is 37.0 Å². The molecule has 0 bridgehead atoms. The van der Waals surface area contributed by atoms with Crippen molar-refractivity contribution in [1.82, 2.24) is 0 Å². The van der Waals surface area contributed by atoms with Gasteiger partial charge in [-0.05, 0) is 12.3 Å². The maximum Gasteiger partial charge on any atom is -0.0259 e. The van der Waals surface area contributed by atoms with Crippen LogP contribution in [0.5, 0.6) is 0 Å². The van der Waals surface area contributed by atoms with Crippen molar-refractivity contribution in [2.75, 3.05) is 0 Å². The number of hydrogen-bond donors (Lipinski definition) is 0. The standard InChI is InChI=1S/C11H18/c1-5-7-8-11(4)9-10(3)6-2/h5,7-8,10H,1,4,6,9H2,2-3H3/b8-7-. The summed E-state index contributed by atoms with van der Waals surface area (Å²) in [5.74, 6) is 0.747. The fourth-order valence-corrected chi connectivity index (χ4v) is 0.864.